The van der Waals surface area contributed by atoms with Gasteiger partial charge in [-0.3, -0.25) is 0 Å². The molecule has 3 aromatic rings. The summed E-state index contributed by atoms with van der Waals surface area (Å²) >= 11 is 0. The Bertz CT molecular complexity index is 916. The summed E-state index contributed by atoms with van der Waals surface area (Å²) in [5.74, 6) is -0.278. The van der Waals surface area contributed by atoms with E-state index in [1.807, 2.05) is 44.2 Å². The Morgan fingerprint density at radius 3 is 2.48 bits per heavy atom. The van der Waals surface area contributed by atoms with Crippen molar-refractivity contribution in [1.29, 1.82) is 0 Å². The number of nitrogens with zero attached hydrogens (tertiary/aromatic N) is 1. The highest BCUT2D eigenvalue weighted by molar-refractivity contribution is 6.03. The van der Waals surface area contributed by atoms with E-state index in [1.165, 1.54) is 0 Å². The van der Waals surface area contributed by atoms with Crippen molar-refractivity contribution in [3.05, 3.63) is 59.2 Å². The second-order valence-electron chi connectivity index (χ2n) is 5.51. The molecule has 0 atom stereocenters. The van der Waals surface area contributed by atoms with Crippen LogP contribution in [0.15, 0.2) is 42.5 Å². The molecule has 0 aliphatic heterocycles. The molecule has 116 valence electrons. The third-order valence-electron chi connectivity index (χ3n) is 4.04. The van der Waals surface area contributed by atoms with E-state index in [1.54, 1.807) is 19.2 Å². The third-order valence-corrected chi connectivity index (χ3v) is 4.04. The Kier molecular flexibility index (Phi) is 3.74. The summed E-state index contributed by atoms with van der Waals surface area (Å²) in [5, 5.41) is 10.2. The molecule has 0 saturated heterocycles. The molecule has 1 N–H and O–H groups in total. The number of carboxylic acid groups (broad SMARTS) is 1. The van der Waals surface area contributed by atoms with Crippen LogP contribution in [0.4, 0.5) is 0 Å². The van der Waals surface area contributed by atoms with Gasteiger partial charge in [-0.2, -0.15) is 0 Å². The standard InChI is InChI=1S/C19H17NO3/c1-11-8-15(18(23-3)9-12(11)2)17-10-14(19(21)22)13-6-4-5-7-16(13)20-17/h4-10H,1-3H3,(H,21,22). The highest BCUT2D eigenvalue weighted by atomic mass is 16.5. The van der Waals surface area contributed by atoms with Crippen LogP contribution < -0.4 is 4.74 Å². The zero-order valence-electron chi connectivity index (χ0n) is 13.3. The smallest absolute Gasteiger partial charge is 0.336 e. The molecule has 1 aromatic heterocycles. The summed E-state index contributed by atoms with van der Waals surface area (Å²) in [6.45, 7) is 4.02. The summed E-state index contributed by atoms with van der Waals surface area (Å²) in [6.07, 6.45) is 0. The average Bonchev–Trinajstić information content (AvgIpc) is 2.55. The Morgan fingerprint density at radius 1 is 1.09 bits per heavy atom. The maximum Gasteiger partial charge on any atom is 0.336 e. The van der Waals surface area contributed by atoms with Gasteiger partial charge in [-0.05, 0) is 49.2 Å². The van der Waals surface area contributed by atoms with Crippen molar-refractivity contribution < 1.29 is 14.6 Å². The van der Waals surface area contributed by atoms with Gasteiger partial charge < -0.3 is 9.84 Å². The Balaban J connectivity index is 2.33. The normalized spacial score (nSPS) is 10.7. The second-order valence-corrected chi connectivity index (χ2v) is 5.51. The van der Waals surface area contributed by atoms with Crippen molar-refractivity contribution >= 4 is 16.9 Å². The van der Waals surface area contributed by atoms with Gasteiger partial charge >= 0.3 is 5.97 Å². The number of fused-ring (bicyclic) bond motifs is 1. The molecule has 4 nitrogen and oxygen atoms in total. The van der Waals surface area contributed by atoms with Gasteiger partial charge in [0.2, 0.25) is 0 Å². The van der Waals surface area contributed by atoms with Crippen molar-refractivity contribution in [1.82, 2.24) is 4.98 Å². The maximum atomic E-state index is 11.6. The maximum absolute atomic E-state index is 11.6. The first-order valence-electron chi connectivity index (χ1n) is 7.30. The van der Waals surface area contributed by atoms with Gasteiger partial charge in [0.25, 0.3) is 0 Å². The number of benzene rings is 2. The molecule has 23 heavy (non-hydrogen) atoms. The fourth-order valence-corrected chi connectivity index (χ4v) is 2.65. The van der Waals surface area contributed by atoms with Crippen LogP contribution in [0.2, 0.25) is 0 Å². The molecular formula is C19H17NO3. The van der Waals surface area contributed by atoms with Gasteiger partial charge in [0.1, 0.15) is 5.75 Å². The molecule has 0 radical (unpaired) electrons. The molecule has 0 saturated carbocycles. The lowest BCUT2D eigenvalue weighted by Crippen LogP contribution is -2.01. The SMILES string of the molecule is COc1cc(C)c(C)cc1-c1cc(C(=O)O)c2ccccc2n1. The van der Waals surface area contributed by atoms with E-state index < -0.39 is 5.97 Å². The zero-order valence-corrected chi connectivity index (χ0v) is 13.3. The molecular weight excluding hydrogens is 290 g/mol. The first-order chi connectivity index (χ1) is 11.0. The molecule has 0 spiro atoms. The van der Waals surface area contributed by atoms with Crippen LogP contribution in [0.5, 0.6) is 5.75 Å². The second kappa shape index (κ2) is 5.72. The summed E-state index contributed by atoms with van der Waals surface area (Å²) in [5.41, 5.74) is 4.51. The van der Waals surface area contributed by atoms with Crippen LogP contribution in [0, 0.1) is 13.8 Å². The average molecular weight is 307 g/mol. The Labute approximate surface area is 134 Å². The molecule has 0 aliphatic rings. The molecule has 0 aliphatic carbocycles. The summed E-state index contributed by atoms with van der Waals surface area (Å²) in [6, 6.07) is 12.8. The van der Waals surface area contributed by atoms with Crippen LogP contribution >= 0.6 is 0 Å². The minimum Gasteiger partial charge on any atom is -0.496 e. The summed E-state index contributed by atoms with van der Waals surface area (Å²) < 4.78 is 5.46. The first kappa shape index (κ1) is 15.0. The number of aromatic nitrogens is 1. The van der Waals surface area contributed by atoms with Gasteiger partial charge in [0.05, 0.1) is 23.9 Å². The predicted octanol–water partition coefficient (Wildman–Crippen LogP) is 4.23. The number of methoxy groups -OCH3 is 1. The number of para-hydroxylation sites is 1. The van der Waals surface area contributed by atoms with Gasteiger partial charge in [0, 0.05) is 10.9 Å². The van der Waals surface area contributed by atoms with Gasteiger partial charge in [-0.25, -0.2) is 9.78 Å². The lowest BCUT2D eigenvalue weighted by atomic mass is 10.00. The summed E-state index contributed by atoms with van der Waals surface area (Å²) in [4.78, 5) is 16.2. The van der Waals surface area contributed by atoms with Crippen LogP contribution in [-0.2, 0) is 0 Å². The van der Waals surface area contributed by atoms with E-state index in [9.17, 15) is 9.90 Å². The van der Waals surface area contributed by atoms with Crippen molar-refractivity contribution in [3.63, 3.8) is 0 Å². The predicted molar refractivity (Wildman–Crippen MR) is 90.2 cm³/mol. The number of aryl methyl sites for hydroxylation is 2. The quantitative estimate of drug-likeness (QED) is 0.787. The molecule has 0 unspecified atom stereocenters. The fraction of sp³-hybridized carbons (Fsp3) is 0.158. The first-order valence-corrected chi connectivity index (χ1v) is 7.30. The largest absolute Gasteiger partial charge is 0.496 e. The fourth-order valence-electron chi connectivity index (χ4n) is 2.65. The zero-order chi connectivity index (χ0) is 16.6. The minimum atomic E-state index is -0.965. The number of carbonyl (C=O) groups is 1. The number of carboxylic acids is 1. The number of hydrogen-bond acceptors (Lipinski definition) is 3. The van der Waals surface area contributed by atoms with E-state index in [2.05, 4.69) is 4.98 Å². The highest BCUT2D eigenvalue weighted by Gasteiger charge is 2.15. The summed E-state index contributed by atoms with van der Waals surface area (Å²) in [7, 11) is 1.60. The lowest BCUT2D eigenvalue weighted by molar-refractivity contribution is 0.0699. The van der Waals surface area contributed by atoms with Gasteiger partial charge in [0.15, 0.2) is 0 Å². The molecule has 1 heterocycles. The lowest BCUT2D eigenvalue weighted by Gasteiger charge is -2.13. The molecule has 4 heteroatoms. The van der Waals surface area contributed by atoms with E-state index in [0.29, 0.717) is 22.3 Å². The molecule has 0 amide bonds. The van der Waals surface area contributed by atoms with Crippen molar-refractivity contribution in [3.8, 4) is 17.0 Å². The van der Waals surface area contributed by atoms with Crippen LogP contribution in [0.3, 0.4) is 0 Å². The topological polar surface area (TPSA) is 59.4 Å². The number of rotatable bonds is 3. The molecule has 0 bridgehead atoms. The van der Waals surface area contributed by atoms with Crippen molar-refractivity contribution in [2.75, 3.05) is 7.11 Å². The molecule has 2 aromatic carbocycles. The Morgan fingerprint density at radius 2 is 1.78 bits per heavy atom. The molecule has 0 fully saturated rings. The van der Waals surface area contributed by atoms with Crippen LogP contribution in [0.25, 0.3) is 22.2 Å². The van der Waals surface area contributed by atoms with E-state index in [0.717, 1.165) is 16.7 Å². The van der Waals surface area contributed by atoms with Gasteiger partial charge in [-0.15, -0.1) is 0 Å². The number of pyridine rings is 1. The highest BCUT2D eigenvalue weighted by Crippen LogP contribution is 2.33. The number of aromatic carboxylic acids is 1. The number of ether oxygens (including phenoxy) is 1. The number of hydrogen-bond donors (Lipinski definition) is 1. The van der Waals surface area contributed by atoms with Gasteiger partial charge in [-0.1, -0.05) is 18.2 Å². The van der Waals surface area contributed by atoms with Crippen LogP contribution in [-0.4, -0.2) is 23.2 Å². The van der Waals surface area contributed by atoms with Crippen LogP contribution in [0.1, 0.15) is 21.5 Å². The monoisotopic (exact) mass is 307 g/mol. The minimum absolute atomic E-state index is 0.242. The van der Waals surface area contributed by atoms with E-state index in [4.69, 9.17) is 4.74 Å². The van der Waals surface area contributed by atoms with E-state index in [-0.39, 0.29) is 5.56 Å². The Hall–Kier alpha value is -2.88. The van der Waals surface area contributed by atoms with Crippen molar-refractivity contribution in [2.24, 2.45) is 0 Å². The third kappa shape index (κ3) is 2.63. The van der Waals surface area contributed by atoms with E-state index >= 15 is 0 Å². The van der Waals surface area contributed by atoms with Crippen molar-refractivity contribution in [2.45, 2.75) is 13.8 Å². The molecule has 3 rings (SSSR count).